The number of rotatable bonds is 4. The Balaban J connectivity index is 2.05. The highest BCUT2D eigenvalue weighted by atomic mass is 32.2. The molecule has 1 N–H and O–H groups in total. The van der Waals surface area contributed by atoms with Gasteiger partial charge in [0.15, 0.2) is 4.21 Å². The maximum atomic E-state index is 12.3. The topological polar surface area (TPSA) is 62.3 Å². The summed E-state index contributed by atoms with van der Waals surface area (Å²) in [5, 5.41) is 4.08. The summed E-state index contributed by atoms with van der Waals surface area (Å²) < 4.78 is 26.4. The zero-order valence-electron chi connectivity index (χ0n) is 10.7. The van der Waals surface area contributed by atoms with Crippen LogP contribution in [0.1, 0.15) is 17.8 Å². The van der Waals surface area contributed by atoms with Crippen LogP contribution in [-0.2, 0) is 10.0 Å². The van der Waals surface area contributed by atoms with Gasteiger partial charge < -0.3 is 5.32 Å². The van der Waals surface area contributed by atoms with Gasteiger partial charge in [-0.3, -0.25) is 0 Å². The molecule has 1 atom stereocenters. The van der Waals surface area contributed by atoms with Crippen LogP contribution in [0.15, 0.2) is 10.4 Å². The van der Waals surface area contributed by atoms with Crippen LogP contribution in [0, 0.1) is 12.8 Å². The molecule has 1 aromatic rings. The fourth-order valence-corrected chi connectivity index (χ4v) is 4.72. The van der Waals surface area contributed by atoms with Crippen molar-refractivity contribution in [2.45, 2.75) is 24.0 Å². The van der Waals surface area contributed by atoms with Crippen molar-refractivity contribution in [2.75, 3.05) is 26.7 Å². The standard InChI is InChI=1S/C11H19N3O2S2/c1-9-13-7-11(17-9)18(15,16)14(2)8-10-4-3-5-12-6-10/h7,10,12H,3-6,8H2,1-2H3. The maximum absolute atomic E-state index is 12.3. The second-order valence-corrected chi connectivity index (χ2v) is 8.20. The number of nitrogens with zero attached hydrogens (tertiary/aromatic N) is 2. The van der Waals surface area contributed by atoms with E-state index in [2.05, 4.69) is 10.3 Å². The van der Waals surface area contributed by atoms with E-state index in [-0.39, 0.29) is 0 Å². The molecule has 102 valence electrons. The monoisotopic (exact) mass is 289 g/mol. The quantitative estimate of drug-likeness (QED) is 0.900. The van der Waals surface area contributed by atoms with Crippen LogP contribution in [0.5, 0.6) is 0 Å². The first kappa shape index (κ1) is 13.9. The van der Waals surface area contributed by atoms with Crippen LogP contribution in [0.3, 0.4) is 0 Å². The van der Waals surface area contributed by atoms with E-state index in [0.29, 0.717) is 16.7 Å². The molecule has 0 aliphatic carbocycles. The largest absolute Gasteiger partial charge is 0.316 e. The SMILES string of the molecule is Cc1ncc(S(=O)(=O)N(C)CC2CCCNC2)s1. The van der Waals surface area contributed by atoms with E-state index in [0.717, 1.165) is 30.9 Å². The van der Waals surface area contributed by atoms with Crippen LogP contribution < -0.4 is 5.32 Å². The van der Waals surface area contributed by atoms with Gasteiger partial charge in [0.05, 0.1) is 11.2 Å². The summed E-state index contributed by atoms with van der Waals surface area (Å²) >= 11 is 1.23. The van der Waals surface area contributed by atoms with Crippen molar-refractivity contribution in [3.05, 3.63) is 11.2 Å². The number of piperidine rings is 1. The zero-order valence-corrected chi connectivity index (χ0v) is 12.4. The lowest BCUT2D eigenvalue weighted by atomic mass is 10.00. The Hall–Kier alpha value is -0.500. The number of sulfonamides is 1. The molecule has 1 aliphatic heterocycles. The third kappa shape index (κ3) is 3.09. The average Bonchev–Trinajstić information content (AvgIpc) is 2.78. The van der Waals surface area contributed by atoms with Crippen LogP contribution in [0.4, 0.5) is 0 Å². The van der Waals surface area contributed by atoms with Gasteiger partial charge in [-0.25, -0.2) is 13.4 Å². The Kier molecular flexibility index (Phi) is 4.37. The zero-order chi connectivity index (χ0) is 13.2. The first-order valence-electron chi connectivity index (χ1n) is 6.09. The van der Waals surface area contributed by atoms with Crippen molar-refractivity contribution >= 4 is 21.4 Å². The van der Waals surface area contributed by atoms with Crippen LogP contribution >= 0.6 is 11.3 Å². The first-order valence-corrected chi connectivity index (χ1v) is 8.35. The summed E-state index contributed by atoms with van der Waals surface area (Å²) in [6.07, 6.45) is 3.66. The normalized spacial score (nSPS) is 21.4. The predicted molar refractivity (Wildman–Crippen MR) is 72.3 cm³/mol. The molecule has 1 unspecified atom stereocenters. The second-order valence-electron chi connectivity index (χ2n) is 4.70. The van der Waals surface area contributed by atoms with Gasteiger partial charge in [0.1, 0.15) is 0 Å². The Morgan fingerprint density at radius 2 is 2.39 bits per heavy atom. The van der Waals surface area contributed by atoms with Gasteiger partial charge in [0.25, 0.3) is 10.0 Å². The van der Waals surface area contributed by atoms with Crippen molar-refractivity contribution in [3.63, 3.8) is 0 Å². The molecule has 2 rings (SSSR count). The minimum absolute atomic E-state index is 0.339. The van der Waals surface area contributed by atoms with Crippen molar-refractivity contribution in [1.29, 1.82) is 0 Å². The number of aromatic nitrogens is 1. The highest BCUT2D eigenvalue weighted by Gasteiger charge is 2.26. The van der Waals surface area contributed by atoms with E-state index in [9.17, 15) is 8.42 Å². The van der Waals surface area contributed by atoms with Gasteiger partial charge in [-0.05, 0) is 38.8 Å². The number of thiazole rings is 1. The lowest BCUT2D eigenvalue weighted by molar-refractivity contribution is 0.315. The number of aryl methyl sites for hydroxylation is 1. The lowest BCUT2D eigenvalue weighted by Crippen LogP contribution is -2.38. The number of nitrogens with one attached hydrogen (secondary N) is 1. The highest BCUT2D eigenvalue weighted by Crippen LogP contribution is 2.23. The van der Waals surface area contributed by atoms with E-state index in [1.807, 2.05) is 6.92 Å². The molecule has 0 aromatic carbocycles. The molecule has 2 heterocycles. The molecule has 5 nitrogen and oxygen atoms in total. The molecule has 7 heteroatoms. The number of hydrogen-bond donors (Lipinski definition) is 1. The molecule has 1 aliphatic rings. The van der Waals surface area contributed by atoms with Crippen molar-refractivity contribution in [2.24, 2.45) is 5.92 Å². The molecular weight excluding hydrogens is 270 g/mol. The van der Waals surface area contributed by atoms with Gasteiger partial charge in [-0.1, -0.05) is 0 Å². The third-order valence-electron chi connectivity index (χ3n) is 3.18. The van der Waals surface area contributed by atoms with Gasteiger partial charge >= 0.3 is 0 Å². The lowest BCUT2D eigenvalue weighted by Gasteiger charge is -2.26. The van der Waals surface area contributed by atoms with E-state index in [4.69, 9.17) is 0 Å². The summed E-state index contributed by atoms with van der Waals surface area (Å²) in [4.78, 5) is 4.01. The Labute approximate surface area is 112 Å². The van der Waals surface area contributed by atoms with Gasteiger partial charge in [-0.15, -0.1) is 11.3 Å². The molecule has 1 fully saturated rings. The summed E-state index contributed by atoms with van der Waals surface area (Å²) in [6.45, 7) is 4.34. The molecular formula is C11H19N3O2S2. The van der Waals surface area contributed by atoms with Crippen molar-refractivity contribution < 1.29 is 8.42 Å². The first-order chi connectivity index (χ1) is 8.50. The fraction of sp³-hybridized carbons (Fsp3) is 0.727. The average molecular weight is 289 g/mol. The summed E-state index contributed by atoms with van der Waals surface area (Å²) in [7, 11) is -1.70. The predicted octanol–water partition coefficient (Wildman–Crippen LogP) is 1.07. The summed E-state index contributed by atoms with van der Waals surface area (Å²) in [6, 6.07) is 0. The minimum Gasteiger partial charge on any atom is -0.316 e. The Morgan fingerprint density at radius 3 is 2.94 bits per heavy atom. The summed E-state index contributed by atoms with van der Waals surface area (Å²) in [5.74, 6) is 0.410. The third-order valence-corrected chi connectivity index (χ3v) is 6.35. The Morgan fingerprint density at radius 1 is 1.61 bits per heavy atom. The molecule has 1 saturated heterocycles. The molecule has 0 spiro atoms. The summed E-state index contributed by atoms with van der Waals surface area (Å²) in [5.41, 5.74) is 0. The molecule has 18 heavy (non-hydrogen) atoms. The second kappa shape index (κ2) is 5.64. The van der Waals surface area contributed by atoms with Gasteiger partial charge in [-0.2, -0.15) is 4.31 Å². The van der Waals surface area contributed by atoms with Gasteiger partial charge in [0, 0.05) is 13.6 Å². The minimum atomic E-state index is -3.36. The number of hydrogen-bond acceptors (Lipinski definition) is 5. The van der Waals surface area contributed by atoms with E-state index < -0.39 is 10.0 Å². The molecule has 0 saturated carbocycles. The van der Waals surface area contributed by atoms with Gasteiger partial charge in [0.2, 0.25) is 0 Å². The van der Waals surface area contributed by atoms with E-state index >= 15 is 0 Å². The van der Waals surface area contributed by atoms with Crippen LogP contribution in [0.2, 0.25) is 0 Å². The van der Waals surface area contributed by atoms with Crippen molar-refractivity contribution in [3.8, 4) is 0 Å². The molecule has 1 aromatic heterocycles. The Bertz CT molecular complexity index is 492. The van der Waals surface area contributed by atoms with Crippen LogP contribution in [0.25, 0.3) is 0 Å². The highest BCUT2D eigenvalue weighted by molar-refractivity contribution is 7.91. The van der Waals surface area contributed by atoms with E-state index in [1.54, 1.807) is 7.05 Å². The maximum Gasteiger partial charge on any atom is 0.253 e. The van der Waals surface area contributed by atoms with Crippen LogP contribution in [-0.4, -0.2) is 44.4 Å². The van der Waals surface area contributed by atoms with Crippen molar-refractivity contribution in [1.82, 2.24) is 14.6 Å². The molecule has 0 amide bonds. The van der Waals surface area contributed by atoms with E-state index in [1.165, 1.54) is 21.8 Å². The smallest absolute Gasteiger partial charge is 0.253 e. The molecule has 0 bridgehead atoms. The fourth-order valence-electron chi connectivity index (χ4n) is 2.16. The molecule has 0 radical (unpaired) electrons.